The van der Waals surface area contributed by atoms with Gasteiger partial charge in [-0.05, 0) is 18.2 Å². The van der Waals surface area contributed by atoms with Crippen LogP contribution < -0.4 is 10.5 Å². The Kier molecular flexibility index (Phi) is 2.74. The standard InChI is InChI=1S/C13H10FN3O3/c1-19-12(18)11-8-5-16-13(15)17-10(8)7-4-6(14)2-3-9(7)20-11/h2-5,11H,1H3,(H2,15,16,17)/t11-/m1/s1. The van der Waals surface area contributed by atoms with E-state index in [1.165, 1.54) is 31.5 Å². The lowest BCUT2D eigenvalue weighted by molar-refractivity contribution is -0.149. The van der Waals surface area contributed by atoms with Crippen LogP contribution in [-0.4, -0.2) is 23.0 Å². The molecule has 0 unspecified atom stereocenters. The summed E-state index contributed by atoms with van der Waals surface area (Å²) in [5.41, 5.74) is 6.75. The van der Waals surface area contributed by atoms with E-state index in [-0.39, 0.29) is 5.95 Å². The SMILES string of the molecule is COC(=O)[C@@H]1Oc2ccc(F)cc2-c2nc(N)ncc21. The maximum absolute atomic E-state index is 13.4. The number of nitrogens with zero attached hydrogens (tertiary/aromatic N) is 2. The second-order valence-electron chi connectivity index (χ2n) is 4.19. The van der Waals surface area contributed by atoms with Crippen LogP contribution in [0.5, 0.6) is 5.75 Å². The van der Waals surface area contributed by atoms with E-state index < -0.39 is 17.9 Å². The highest BCUT2D eigenvalue weighted by Crippen LogP contribution is 2.41. The molecule has 2 N–H and O–H groups in total. The van der Waals surface area contributed by atoms with Crippen molar-refractivity contribution in [3.63, 3.8) is 0 Å². The lowest BCUT2D eigenvalue weighted by atomic mass is 9.99. The lowest BCUT2D eigenvalue weighted by Gasteiger charge is -2.25. The first-order valence-corrected chi connectivity index (χ1v) is 5.77. The third-order valence-electron chi connectivity index (χ3n) is 2.97. The number of fused-ring (bicyclic) bond motifs is 3. The van der Waals surface area contributed by atoms with Crippen molar-refractivity contribution in [1.82, 2.24) is 9.97 Å². The summed E-state index contributed by atoms with van der Waals surface area (Å²) in [6, 6.07) is 3.94. The lowest BCUT2D eigenvalue weighted by Crippen LogP contribution is -2.25. The molecule has 1 aromatic carbocycles. The van der Waals surface area contributed by atoms with Crippen LogP contribution in [0.25, 0.3) is 11.3 Å². The van der Waals surface area contributed by atoms with Gasteiger partial charge >= 0.3 is 5.97 Å². The van der Waals surface area contributed by atoms with Crippen LogP contribution >= 0.6 is 0 Å². The first kappa shape index (κ1) is 12.3. The molecule has 1 aliphatic heterocycles. The molecule has 0 radical (unpaired) electrons. The quantitative estimate of drug-likeness (QED) is 0.793. The molecule has 1 aromatic heterocycles. The van der Waals surface area contributed by atoms with Crippen molar-refractivity contribution in [3.8, 4) is 17.0 Å². The van der Waals surface area contributed by atoms with E-state index >= 15 is 0 Å². The average molecular weight is 275 g/mol. The number of anilines is 1. The Labute approximate surface area is 113 Å². The van der Waals surface area contributed by atoms with Gasteiger partial charge in [0.25, 0.3) is 0 Å². The van der Waals surface area contributed by atoms with E-state index in [9.17, 15) is 9.18 Å². The molecule has 6 nitrogen and oxygen atoms in total. The van der Waals surface area contributed by atoms with Gasteiger partial charge < -0.3 is 15.2 Å². The molecule has 0 fully saturated rings. The van der Waals surface area contributed by atoms with Crippen LogP contribution in [0.1, 0.15) is 11.7 Å². The van der Waals surface area contributed by atoms with E-state index in [0.717, 1.165) is 0 Å². The Hall–Kier alpha value is -2.70. The fourth-order valence-corrected chi connectivity index (χ4v) is 2.07. The van der Waals surface area contributed by atoms with Crippen LogP contribution in [0.15, 0.2) is 24.4 Å². The second kappa shape index (κ2) is 4.44. The molecule has 3 rings (SSSR count). The topological polar surface area (TPSA) is 87.3 Å². The molecule has 0 saturated carbocycles. The predicted molar refractivity (Wildman–Crippen MR) is 67.2 cm³/mol. The van der Waals surface area contributed by atoms with E-state index in [1.807, 2.05) is 0 Å². The molecule has 7 heteroatoms. The Bertz CT molecular complexity index is 705. The van der Waals surface area contributed by atoms with Crippen LogP contribution in [0.4, 0.5) is 10.3 Å². The molecule has 1 atom stereocenters. The number of aromatic nitrogens is 2. The Balaban J connectivity index is 2.23. The summed E-state index contributed by atoms with van der Waals surface area (Å²) in [6.07, 6.45) is 0.390. The third kappa shape index (κ3) is 1.83. The van der Waals surface area contributed by atoms with E-state index in [1.54, 1.807) is 0 Å². The first-order valence-electron chi connectivity index (χ1n) is 5.77. The van der Waals surface area contributed by atoms with Gasteiger partial charge in [-0.1, -0.05) is 0 Å². The number of hydrogen-bond acceptors (Lipinski definition) is 6. The normalized spacial score (nSPS) is 15.8. The van der Waals surface area contributed by atoms with Gasteiger partial charge in [-0.25, -0.2) is 19.2 Å². The zero-order chi connectivity index (χ0) is 14.3. The number of hydrogen-bond donors (Lipinski definition) is 1. The molecular formula is C13H10FN3O3. The summed E-state index contributed by atoms with van der Waals surface area (Å²) >= 11 is 0. The number of esters is 1. The highest BCUT2D eigenvalue weighted by molar-refractivity contribution is 5.84. The molecule has 0 amide bonds. The van der Waals surface area contributed by atoms with Crippen molar-refractivity contribution >= 4 is 11.9 Å². The third-order valence-corrected chi connectivity index (χ3v) is 2.97. The summed E-state index contributed by atoms with van der Waals surface area (Å²) in [6.45, 7) is 0. The van der Waals surface area contributed by atoms with Gasteiger partial charge in [0.05, 0.1) is 12.8 Å². The molecular weight excluding hydrogens is 265 g/mol. The van der Waals surface area contributed by atoms with Crippen LogP contribution in [-0.2, 0) is 9.53 Å². The molecule has 20 heavy (non-hydrogen) atoms. The maximum Gasteiger partial charge on any atom is 0.351 e. The van der Waals surface area contributed by atoms with Crippen molar-refractivity contribution in [2.75, 3.05) is 12.8 Å². The van der Waals surface area contributed by atoms with Gasteiger partial charge in [0.1, 0.15) is 11.6 Å². The van der Waals surface area contributed by atoms with Crippen molar-refractivity contribution < 1.29 is 18.7 Å². The minimum Gasteiger partial charge on any atom is -0.473 e. The Morgan fingerprint density at radius 3 is 3.05 bits per heavy atom. The van der Waals surface area contributed by atoms with Gasteiger partial charge in [-0.15, -0.1) is 0 Å². The summed E-state index contributed by atoms with van der Waals surface area (Å²) in [4.78, 5) is 19.7. The minimum atomic E-state index is -0.992. The maximum atomic E-state index is 13.4. The van der Waals surface area contributed by atoms with Gasteiger partial charge in [0.2, 0.25) is 12.1 Å². The average Bonchev–Trinajstić information content (AvgIpc) is 2.45. The fourth-order valence-electron chi connectivity index (χ4n) is 2.07. The van der Waals surface area contributed by atoms with Crippen LogP contribution in [0, 0.1) is 5.82 Å². The zero-order valence-electron chi connectivity index (χ0n) is 10.5. The number of methoxy groups -OCH3 is 1. The molecule has 2 heterocycles. The van der Waals surface area contributed by atoms with Crippen LogP contribution in [0.2, 0.25) is 0 Å². The number of nitrogen functional groups attached to an aromatic ring is 1. The first-order chi connectivity index (χ1) is 9.60. The molecule has 2 aromatic rings. The van der Waals surface area contributed by atoms with E-state index in [2.05, 4.69) is 9.97 Å². The molecule has 1 aliphatic rings. The summed E-state index contributed by atoms with van der Waals surface area (Å²) < 4.78 is 23.6. The second-order valence-corrected chi connectivity index (χ2v) is 4.19. The molecule has 0 spiro atoms. The number of benzene rings is 1. The van der Waals surface area contributed by atoms with Gasteiger partial charge in [-0.2, -0.15) is 0 Å². The number of halogens is 1. The number of carbonyl (C=O) groups is 1. The molecule has 0 bridgehead atoms. The number of rotatable bonds is 1. The molecule has 0 aliphatic carbocycles. The summed E-state index contributed by atoms with van der Waals surface area (Å²) in [5, 5.41) is 0. The van der Waals surface area contributed by atoms with Crippen molar-refractivity contribution in [1.29, 1.82) is 0 Å². The zero-order valence-corrected chi connectivity index (χ0v) is 10.5. The number of ether oxygens (including phenoxy) is 2. The highest BCUT2D eigenvalue weighted by atomic mass is 19.1. The van der Waals surface area contributed by atoms with Gasteiger partial charge in [0, 0.05) is 17.3 Å². The van der Waals surface area contributed by atoms with E-state index in [4.69, 9.17) is 15.2 Å². The summed E-state index contributed by atoms with van der Waals surface area (Å²) in [7, 11) is 1.25. The van der Waals surface area contributed by atoms with Crippen LogP contribution in [0.3, 0.4) is 0 Å². The minimum absolute atomic E-state index is 0.0319. The van der Waals surface area contributed by atoms with Crippen molar-refractivity contribution in [3.05, 3.63) is 35.8 Å². The summed E-state index contributed by atoms with van der Waals surface area (Å²) in [5.74, 6) is -0.654. The Morgan fingerprint density at radius 2 is 2.30 bits per heavy atom. The predicted octanol–water partition coefficient (Wildman–Crippen LogP) is 1.47. The monoisotopic (exact) mass is 275 g/mol. The number of carbonyl (C=O) groups excluding carboxylic acids is 1. The van der Waals surface area contributed by atoms with Crippen molar-refractivity contribution in [2.45, 2.75) is 6.10 Å². The smallest absolute Gasteiger partial charge is 0.351 e. The molecule has 102 valence electrons. The van der Waals surface area contributed by atoms with Gasteiger partial charge in [0.15, 0.2) is 0 Å². The highest BCUT2D eigenvalue weighted by Gasteiger charge is 2.34. The van der Waals surface area contributed by atoms with Gasteiger partial charge in [-0.3, -0.25) is 0 Å². The largest absolute Gasteiger partial charge is 0.473 e. The Morgan fingerprint density at radius 1 is 1.50 bits per heavy atom. The van der Waals surface area contributed by atoms with Crippen molar-refractivity contribution in [2.24, 2.45) is 0 Å². The number of nitrogens with two attached hydrogens (primary N) is 1. The fraction of sp³-hybridized carbons (Fsp3) is 0.154. The van der Waals surface area contributed by atoms with E-state index in [0.29, 0.717) is 22.6 Å². The molecule has 0 saturated heterocycles.